The number of likely N-dealkylation sites (N-methyl/N-ethyl adjacent to an activating group) is 1. The molecule has 0 aliphatic carbocycles. The van der Waals surface area contributed by atoms with E-state index >= 15 is 0 Å². The molecule has 0 aromatic rings. The van der Waals surface area contributed by atoms with Crippen LogP contribution >= 0.6 is 12.2 Å². The van der Waals surface area contributed by atoms with E-state index in [1.54, 1.807) is 6.92 Å². The molecule has 0 aromatic carbocycles. The number of ether oxygens (including phenoxy) is 1. The Kier molecular flexibility index (Phi) is 6.46. The Balaban J connectivity index is 3.28. The van der Waals surface area contributed by atoms with Gasteiger partial charge in [-0.2, -0.15) is 0 Å². The average molecular weight is 175 g/mol. The van der Waals surface area contributed by atoms with E-state index in [2.05, 4.69) is 18.7 Å². The van der Waals surface area contributed by atoms with Crippen molar-refractivity contribution in [3.05, 3.63) is 0 Å². The lowest BCUT2D eigenvalue weighted by molar-refractivity contribution is 0.218. The second kappa shape index (κ2) is 6.55. The molecule has 3 heteroatoms. The first-order chi connectivity index (χ1) is 5.20. The SMILES string of the molecule is CCN(CC)CCOC(C)=S. The number of nitrogens with zero attached hydrogens (tertiary/aromatic N) is 1. The summed E-state index contributed by atoms with van der Waals surface area (Å²) in [6.45, 7) is 9.95. The van der Waals surface area contributed by atoms with Crippen molar-refractivity contribution >= 4 is 17.3 Å². The molecular formula is C8H17NOS. The van der Waals surface area contributed by atoms with Crippen molar-refractivity contribution in [2.75, 3.05) is 26.2 Å². The Labute approximate surface area is 74.5 Å². The van der Waals surface area contributed by atoms with Gasteiger partial charge >= 0.3 is 0 Å². The van der Waals surface area contributed by atoms with Crippen LogP contribution in [0.25, 0.3) is 0 Å². The van der Waals surface area contributed by atoms with Crippen molar-refractivity contribution < 1.29 is 4.74 Å². The maximum atomic E-state index is 5.17. The summed E-state index contributed by atoms with van der Waals surface area (Å²) in [4.78, 5) is 2.30. The molecule has 0 aromatic heterocycles. The predicted octanol–water partition coefficient (Wildman–Crippen LogP) is 1.69. The third-order valence-corrected chi connectivity index (χ3v) is 1.73. The van der Waals surface area contributed by atoms with Crippen LogP contribution in [0.4, 0.5) is 0 Å². The van der Waals surface area contributed by atoms with Crippen LogP contribution in [0.2, 0.25) is 0 Å². The lowest BCUT2D eigenvalue weighted by atomic mass is 10.5. The second-order valence-electron chi connectivity index (χ2n) is 2.37. The molecule has 11 heavy (non-hydrogen) atoms. The molecule has 0 unspecified atom stereocenters. The number of hydrogen-bond acceptors (Lipinski definition) is 3. The molecule has 0 saturated heterocycles. The van der Waals surface area contributed by atoms with Gasteiger partial charge in [0.15, 0.2) is 5.05 Å². The summed E-state index contributed by atoms with van der Waals surface area (Å²) in [6, 6.07) is 0. The van der Waals surface area contributed by atoms with Crippen molar-refractivity contribution in [1.29, 1.82) is 0 Å². The molecule has 0 rings (SSSR count). The molecular weight excluding hydrogens is 158 g/mol. The van der Waals surface area contributed by atoms with Gasteiger partial charge in [-0.25, -0.2) is 0 Å². The summed E-state index contributed by atoms with van der Waals surface area (Å²) in [7, 11) is 0. The van der Waals surface area contributed by atoms with Gasteiger partial charge in [-0.15, -0.1) is 0 Å². The molecule has 0 bridgehead atoms. The summed E-state index contributed by atoms with van der Waals surface area (Å²) in [5.41, 5.74) is 0. The fourth-order valence-corrected chi connectivity index (χ4v) is 0.942. The molecule has 0 fully saturated rings. The van der Waals surface area contributed by atoms with Gasteiger partial charge in [-0.1, -0.05) is 13.8 Å². The van der Waals surface area contributed by atoms with E-state index < -0.39 is 0 Å². The van der Waals surface area contributed by atoms with E-state index in [0.717, 1.165) is 26.2 Å². The summed E-state index contributed by atoms with van der Waals surface area (Å²) < 4.78 is 5.17. The molecule has 0 radical (unpaired) electrons. The van der Waals surface area contributed by atoms with Gasteiger partial charge in [0.25, 0.3) is 0 Å². The van der Waals surface area contributed by atoms with Crippen LogP contribution in [0.5, 0.6) is 0 Å². The summed E-state index contributed by atoms with van der Waals surface area (Å²) in [5, 5.41) is 0.636. The zero-order valence-electron chi connectivity index (χ0n) is 7.59. The van der Waals surface area contributed by atoms with Gasteiger partial charge in [0.05, 0.1) is 0 Å². The number of hydrogen-bond donors (Lipinski definition) is 0. The van der Waals surface area contributed by atoms with Gasteiger partial charge in [0.1, 0.15) is 6.61 Å². The van der Waals surface area contributed by atoms with Crippen LogP contribution in [0, 0.1) is 0 Å². The highest BCUT2D eigenvalue weighted by Gasteiger charge is 1.97. The molecule has 0 aliphatic heterocycles. The Morgan fingerprint density at radius 2 is 1.91 bits per heavy atom. The van der Waals surface area contributed by atoms with Gasteiger partial charge in [0.2, 0.25) is 0 Å². The van der Waals surface area contributed by atoms with Gasteiger partial charge in [-0.3, -0.25) is 0 Å². The molecule has 0 spiro atoms. The molecule has 0 amide bonds. The fourth-order valence-electron chi connectivity index (χ4n) is 0.858. The predicted molar refractivity (Wildman–Crippen MR) is 52.0 cm³/mol. The summed E-state index contributed by atoms with van der Waals surface area (Å²) in [5.74, 6) is 0. The molecule has 0 aliphatic rings. The lowest BCUT2D eigenvalue weighted by Crippen LogP contribution is -2.27. The third kappa shape index (κ3) is 6.26. The highest BCUT2D eigenvalue weighted by molar-refractivity contribution is 7.80. The molecule has 0 N–H and O–H groups in total. The Hall–Kier alpha value is -0.150. The molecule has 0 atom stereocenters. The van der Waals surface area contributed by atoms with E-state index in [4.69, 9.17) is 17.0 Å². The van der Waals surface area contributed by atoms with Crippen molar-refractivity contribution in [2.24, 2.45) is 0 Å². The van der Waals surface area contributed by atoms with Crippen LogP contribution in [-0.4, -0.2) is 36.2 Å². The first kappa shape index (κ1) is 10.8. The monoisotopic (exact) mass is 175 g/mol. The zero-order chi connectivity index (χ0) is 8.69. The van der Waals surface area contributed by atoms with Gasteiger partial charge in [0, 0.05) is 13.5 Å². The lowest BCUT2D eigenvalue weighted by Gasteiger charge is -2.17. The van der Waals surface area contributed by atoms with Crippen LogP contribution in [0.3, 0.4) is 0 Å². The first-order valence-corrected chi connectivity index (χ1v) is 4.47. The topological polar surface area (TPSA) is 12.5 Å². The highest BCUT2D eigenvalue weighted by Crippen LogP contribution is 1.87. The van der Waals surface area contributed by atoms with E-state index in [9.17, 15) is 0 Å². The van der Waals surface area contributed by atoms with E-state index in [1.807, 2.05) is 0 Å². The molecule has 2 nitrogen and oxygen atoms in total. The van der Waals surface area contributed by atoms with E-state index in [1.165, 1.54) is 0 Å². The second-order valence-corrected chi connectivity index (χ2v) is 2.94. The minimum Gasteiger partial charge on any atom is -0.486 e. The van der Waals surface area contributed by atoms with E-state index in [-0.39, 0.29) is 0 Å². The van der Waals surface area contributed by atoms with Crippen LogP contribution in [0.1, 0.15) is 20.8 Å². The minimum atomic E-state index is 0.636. The number of rotatable bonds is 5. The van der Waals surface area contributed by atoms with Crippen molar-refractivity contribution in [2.45, 2.75) is 20.8 Å². The van der Waals surface area contributed by atoms with Gasteiger partial charge in [-0.05, 0) is 25.3 Å². The summed E-state index contributed by atoms with van der Waals surface area (Å²) in [6.07, 6.45) is 0. The van der Waals surface area contributed by atoms with Crippen LogP contribution in [-0.2, 0) is 4.74 Å². The molecule has 0 saturated carbocycles. The quantitative estimate of drug-likeness (QED) is 0.590. The average Bonchev–Trinajstić information content (AvgIpc) is 1.98. The van der Waals surface area contributed by atoms with Crippen LogP contribution < -0.4 is 0 Å². The Morgan fingerprint density at radius 1 is 1.36 bits per heavy atom. The van der Waals surface area contributed by atoms with Crippen molar-refractivity contribution in [1.82, 2.24) is 4.90 Å². The molecule has 66 valence electrons. The zero-order valence-corrected chi connectivity index (χ0v) is 8.41. The first-order valence-electron chi connectivity index (χ1n) is 4.06. The maximum Gasteiger partial charge on any atom is 0.156 e. The van der Waals surface area contributed by atoms with Crippen molar-refractivity contribution in [3.8, 4) is 0 Å². The number of thiocarbonyl (C=S) groups is 1. The smallest absolute Gasteiger partial charge is 0.156 e. The Morgan fingerprint density at radius 3 is 2.27 bits per heavy atom. The van der Waals surface area contributed by atoms with Crippen molar-refractivity contribution in [3.63, 3.8) is 0 Å². The fraction of sp³-hybridized carbons (Fsp3) is 0.875. The maximum absolute atomic E-state index is 5.17. The third-order valence-electron chi connectivity index (χ3n) is 1.61. The van der Waals surface area contributed by atoms with E-state index in [0.29, 0.717) is 5.05 Å². The normalized spacial score (nSPS) is 10.2. The molecule has 0 heterocycles. The standard InChI is InChI=1S/C8H17NOS/c1-4-9(5-2)6-7-10-8(3)11/h4-7H2,1-3H3. The van der Waals surface area contributed by atoms with Gasteiger partial charge < -0.3 is 9.64 Å². The summed E-state index contributed by atoms with van der Waals surface area (Å²) >= 11 is 4.78. The largest absolute Gasteiger partial charge is 0.486 e. The minimum absolute atomic E-state index is 0.636. The Bertz CT molecular complexity index is 113. The highest BCUT2D eigenvalue weighted by atomic mass is 32.1. The van der Waals surface area contributed by atoms with Crippen LogP contribution in [0.15, 0.2) is 0 Å².